The summed E-state index contributed by atoms with van der Waals surface area (Å²) in [4.78, 5) is 16.8. The Morgan fingerprint density at radius 2 is 1.72 bits per heavy atom. The Bertz CT molecular complexity index is 1380. The largest absolute Gasteiger partial charge is 0.389 e. The van der Waals surface area contributed by atoms with Crippen LogP contribution in [0.5, 0.6) is 0 Å². The Kier molecular flexibility index (Phi) is 4.79. The number of nitrogens with zero attached hydrogens (tertiary/aromatic N) is 5. The molecule has 0 spiro atoms. The number of imidazole rings is 1. The lowest BCUT2D eigenvalue weighted by molar-refractivity contribution is 0.0578. The normalized spacial score (nSPS) is 11.9. The highest BCUT2D eigenvalue weighted by molar-refractivity contribution is 5.93. The van der Waals surface area contributed by atoms with Crippen LogP contribution in [0, 0.1) is 5.82 Å². The molecule has 160 valence electrons. The van der Waals surface area contributed by atoms with Crippen molar-refractivity contribution in [2.75, 3.05) is 0 Å². The summed E-state index contributed by atoms with van der Waals surface area (Å²) in [6, 6.07) is 15.9. The average Bonchev–Trinajstić information content (AvgIpc) is 3.38. The van der Waals surface area contributed by atoms with Crippen molar-refractivity contribution < 1.29 is 9.50 Å². The molecule has 32 heavy (non-hydrogen) atoms. The van der Waals surface area contributed by atoms with Gasteiger partial charge >= 0.3 is 0 Å². The van der Waals surface area contributed by atoms with Gasteiger partial charge in [-0.1, -0.05) is 30.3 Å². The van der Waals surface area contributed by atoms with Crippen LogP contribution in [0.1, 0.15) is 13.8 Å². The highest BCUT2D eigenvalue weighted by Gasteiger charge is 2.22. The molecule has 0 aliphatic carbocycles. The monoisotopic (exact) mass is 428 g/mol. The second kappa shape index (κ2) is 7.65. The van der Waals surface area contributed by atoms with Gasteiger partial charge in [0.2, 0.25) is 0 Å². The first-order chi connectivity index (χ1) is 15.4. The van der Waals surface area contributed by atoms with Gasteiger partial charge in [-0.15, -0.1) is 0 Å². The molecule has 0 aliphatic heterocycles. The fourth-order valence-electron chi connectivity index (χ4n) is 3.66. The number of hydrogen-bond donors (Lipinski definition) is 2. The van der Waals surface area contributed by atoms with E-state index < -0.39 is 5.60 Å². The van der Waals surface area contributed by atoms with Crippen molar-refractivity contribution in [3.8, 4) is 33.9 Å². The molecule has 0 fully saturated rings. The van der Waals surface area contributed by atoms with E-state index in [1.165, 1.54) is 18.5 Å². The first-order valence-corrected chi connectivity index (χ1v) is 10.2. The SMILES string of the molecule is CC(C)(O)Cn1cc(-c2ncnc3nc(-c4ccccc4)[nH]c23)c(-c2ccc(F)cc2)n1. The number of benzene rings is 2. The lowest BCUT2D eigenvalue weighted by Crippen LogP contribution is -2.26. The summed E-state index contributed by atoms with van der Waals surface area (Å²) in [5.41, 5.74) is 3.93. The van der Waals surface area contributed by atoms with E-state index in [1.54, 1.807) is 30.7 Å². The van der Waals surface area contributed by atoms with Gasteiger partial charge < -0.3 is 10.1 Å². The minimum absolute atomic E-state index is 0.285. The number of aromatic amines is 1. The highest BCUT2D eigenvalue weighted by Crippen LogP contribution is 2.34. The van der Waals surface area contributed by atoms with Gasteiger partial charge in [0.1, 0.15) is 34.9 Å². The Balaban J connectivity index is 1.69. The lowest BCUT2D eigenvalue weighted by atomic mass is 10.1. The van der Waals surface area contributed by atoms with Gasteiger partial charge in [0, 0.05) is 22.9 Å². The number of nitrogens with one attached hydrogen (secondary N) is 1. The average molecular weight is 428 g/mol. The van der Waals surface area contributed by atoms with Gasteiger partial charge in [0.25, 0.3) is 0 Å². The van der Waals surface area contributed by atoms with Gasteiger partial charge in [-0.3, -0.25) is 4.68 Å². The maximum absolute atomic E-state index is 13.5. The molecule has 0 unspecified atom stereocenters. The van der Waals surface area contributed by atoms with E-state index in [-0.39, 0.29) is 12.4 Å². The maximum atomic E-state index is 13.5. The number of fused-ring (bicyclic) bond motifs is 1. The molecule has 7 nitrogen and oxygen atoms in total. The summed E-state index contributed by atoms with van der Waals surface area (Å²) < 4.78 is 15.2. The zero-order valence-corrected chi connectivity index (χ0v) is 17.6. The third kappa shape index (κ3) is 3.88. The van der Waals surface area contributed by atoms with Crippen molar-refractivity contribution in [2.24, 2.45) is 0 Å². The molecule has 5 aromatic rings. The summed E-state index contributed by atoms with van der Waals surface area (Å²) in [6.07, 6.45) is 3.30. The van der Waals surface area contributed by atoms with E-state index >= 15 is 0 Å². The zero-order chi connectivity index (χ0) is 22.3. The second-order valence-corrected chi connectivity index (χ2v) is 8.28. The van der Waals surface area contributed by atoms with E-state index in [9.17, 15) is 9.50 Å². The lowest BCUT2D eigenvalue weighted by Gasteiger charge is -2.16. The molecule has 0 amide bonds. The van der Waals surface area contributed by atoms with E-state index in [0.29, 0.717) is 28.4 Å². The molecule has 0 aliphatic rings. The van der Waals surface area contributed by atoms with Crippen LogP contribution in [0.3, 0.4) is 0 Å². The number of hydrogen-bond acceptors (Lipinski definition) is 5. The van der Waals surface area contributed by atoms with E-state index in [0.717, 1.165) is 16.7 Å². The molecule has 8 heteroatoms. The van der Waals surface area contributed by atoms with Crippen LogP contribution in [-0.4, -0.2) is 40.4 Å². The highest BCUT2D eigenvalue weighted by atomic mass is 19.1. The molecule has 0 atom stereocenters. The van der Waals surface area contributed by atoms with Gasteiger partial charge in [-0.05, 0) is 38.1 Å². The number of aliphatic hydroxyl groups is 1. The third-order valence-corrected chi connectivity index (χ3v) is 5.02. The minimum atomic E-state index is -0.960. The van der Waals surface area contributed by atoms with Crippen LogP contribution in [0.4, 0.5) is 4.39 Å². The minimum Gasteiger partial charge on any atom is -0.389 e. The summed E-state index contributed by atoms with van der Waals surface area (Å²) in [5, 5.41) is 15.0. The molecule has 2 N–H and O–H groups in total. The number of aromatic nitrogens is 6. The summed E-state index contributed by atoms with van der Waals surface area (Å²) in [6.45, 7) is 3.72. The maximum Gasteiger partial charge on any atom is 0.181 e. The van der Waals surface area contributed by atoms with Crippen LogP contribution in [0.2, 0.25) is 0 Å². The van der Waals surface area contributed by atoms with Crippen LogP contribution in [-0.2, 0) is 6.54 Å². The Morgan fingerprint density at radius 1 is 0.969 bits per heavy atom. The quantitative estimate of drug-likeness (QED) is 0.431. The van der Waals surface area contributed by atoms with Crippen molar-refractivity contribution in [1.82, 2.24) is 29.7 Å². The van der Waals surface area contributed by atoms with Crippen molar-refractivity contribution in [3.63, 3.8) is 0 Å². The smallest absolute Gasteiger partial charge is 0.181 e. The van der Waals surface area contributed by atoms with Crippen molar-refractivity contribution >= 4 is 11.2 Å². The molecular weight excluding hydrogens is 407 g/mol. The molecule has 0 radical (unpaired) electrons. The molecule has 3 heterocycles. The standard InChI is InChI=1S/C24H21FN6O/c1-24(2,32)13-31-12-18(19(30-31)15-8-10-17(25)11-9-15)20-21-23(27-14-26-20)29-22(28-21)16-6-4-3-5-7-16/h3-12,14,32H,13H2,1-2H3,(H,26,27,28,29). The molecule has 3 aromatic heterocycles. The van der Waals surface area contributed by atoms with Gasteiger partial charge in [-0.25, -0.2) is 19.3 Å². The Morgan fingerprint density at radius 3 is 2.44 bits per heavy atom. The molecular formula is C24H21FN6O. The molecule has 0 bridgehead atoms. The van der Waals surface area contributed by atoms with E-state index in [1.807, 2.05) is 36.5 Å². The number of rotatable bonds is 5. The second-order valence-electron chi connectivity index (χ2n) is 8.28. The summed E-state index contributed by atoms with van der Waals surface area (Å²) in [5.74, 6) is 0.367. The molecule has 5 rings (SSSR count). The molecule has 0 saturated heterocycles. The Labute approximate surface area is 183 Å². The first kappa shape index (κ1) is 20.0. The fraction of sp³-hybridized carbons (Fsp3) is 0.167. The number of halogens is 1. The fourth-order valence-corrected chi connectivity index (χ4v) is 3.66. The van der Waals surface area contributed by atoms with Gasteiger partial charge in [0.15, 0.2) is 5.65 Å². The molecule has 2 aromatic carbocycles. The van der Waals surface area contributed by atoms with Crippen LogP contribution in [0.25, 0.3) is 45.1 Å². The van der Waals surface area contributed by atoms with Crippen LogP contribution < -0.4 is 0 Å². The van der Waals surface area contributed by atoms with E-state index in [2.05, 4.69) is 25.0 Å². The summed E-state index contributed by atoms with van der Waals surface area (Å²) >= 11 is 0. The van der Waals surface area contributed by atoms with Crippen molar-refractivity contribution in [1.29, 1.82) is 0 Å². The van der Waals surface area contributed by atoms with Crippen LogP contribution >= 0.6 is 0 Å². The van der Waals surface area contributed by atoms with Gasteiger partial charge in [-0.2, -0.15) is 5.10 Å². The molecule has 0 saturated carbocycles. The predicted molar refractivity (Wildman–Crippen MR) is 120 cm³/mol. The predicted octanol–water partition coefficient (Wildman–Crippen LogP) is 4.46. The van der Waals surface area contributed by atoms with Crippen LogP contribution in [0.15, 0.2) is 67.1 Å². The summed E-state index contributed by atoms with van der Waals surface area (Å²) in [7, 11) is 0. The van der Waals surface area contributed by atoms with Gasteiger partial charge in [0.05, 0.1) is 12.1 Å². The van der Waals surface area contributed by atoms with Crippen molar-refractivity contribution in [2.45, 2.75) is 26.0 Å². The van der Waals surface area contributed by atoms with E-state index in [4.69, 9.17) is 0 Å². The third-order valence-electron chi connectivity index (χ3n) is 5.02. The zero-order valence-electron chi connectivity index (χ0n) is 17.6. The Hall–Kier alpha value is -3.91. The topological polar surface area (TPSA) is 92.5 Å². The first-order valence-electron chi connectivity index (χ1n) is 10.2. The van der Waals surface area contributed by atoms with Crippen molar-refractivity contribution in [3.05, 3.63) is 72.9 Å². The number of H-pyrrole nitrogens is 1.